The van der Waals surface area contributed by atoms with Crippen LogP contribution in [0.25, 0.3) is 10.1 Å². The van der Waals surface area contributed by atoms with Crippen molar-refractivity contribution in [2.75, 3.05) is 0 Å². The van der Waals surface area contributed by atoms with Crippen LogP contribution in [0.5, 0.6) is 0 Å². The molecule has 0 saturated carbocycles. The second-order valence-electron chi connectivity index (χ2n) is 3.01. The molecule has 0 saturated heterocycles. The first kappa shape index (κ1) is 8.66. The molecule has 0 aliphatic carbocycles. The first-order chi connectivity index (χ1) is 6.20. The largest absolute Gasteiger partial charge is 0.391 e. The molecule has 1 aromatic heterocycles. The first-order valence-electron chi connectivity index (χ1n) is 4.00. The summed E-state index contributed by atoms with van der Waals surface area (Å²) >= 11 is 1.44. The summed E-state index contributed by atoms with van der Waals surface area (Å²) in [6.45, 7) is 1.90. The van der Waals surface area contributed by atoms with Crippen molar-refractivity contribution in [3.05, 3.63) is 34.5 Å². The van der Waals surface area contributed by atoms with Crippen molar-refractivity contribution in [2.24, 2.45) is 0 Å². The minimum absolute atomic E-state index is 0.0282. The van der Waals surface area contributed by atoms with E-state index in [9.17, 15) is 4.39 Å². The Morgan fingerprint density at radius 1 is 1.38 bits per heavy atom. The van der Waals surface area contributed by atoms with E-state index in [1.54, 1.807) is 0 Å². The Labute approximate surface area is 79.4 Å². The number of aryl methyl sites for hydroxylation is 1. The normalized spacial score (nSPS) is 11.0. The lowest BCUT2D eigenvalue weighted by Gasteiger charge is -1.94. The Hall–Kier alpha value is -0.930. The number of halogens is 1. The summed E-state index contributed by atoms with van der Waals surface area (Å²) in [5.41, 5.74) is 0.922. The molecule has 0 spiro atoms. The molecule has 68 valence electrons. The molecule has 0 unspecified atom stereocenters. The lowest BCUT2D eigenvalue weighted by molar-refractivity contribution is 0.285. The fourth-order valence-electron chi connectivity index (χ4n) is 1.40. The zero-order chi connectivity index (χ0) is 9.42. The van der Waals surface area contributed by atoms with Crippen molar-refractivity contribution in [3.8, 4) is 0 Å². The van der Waals surface area contributed by atoms with Gasteiger partial charge in [-0.25, -0.2) is 4.39 Å². The number of aliphatic hydroxyl groups is 1. The molecule has 1 nitrogen and oxygen atoms in total. The Kier molecular flexibility index (Phi) is 2.06. The van der Waals surface area contributed by atoms with Crippen molar-refractivity contribution in [1.29, 1.82) is 0 Å². The number of rotatable bonds is 1. The van der Waals surface area contributed by atoms with Gasteiger partial charge in [0.25, 0.3) is 0 Å². The highest BCUT2D eigenvalue weighted by Crippen LogP contribution is 2.28. The lowest BCUT2D eigenvalue weighted by Crippen LogP contribution is -1.77. The molecule has 0 amide bonds. The number of aliphatic hydroxyl groups excluding tert-OH is 1. The SMILES string of the molecule is Cc1cc(F)cc2sc(CO)cc12. The number of benzene rings is 1. The van der Waals surface area contributed by atoms with Crippen LogP contribution in [0.1, 0.15) is 10.4 Å². The summed E-state index contributed by atoms with van der Waals surface area (Å²) in [5, 5.41) is 9.95. The Morgan fingerprint density at radius 2 is 2.15 bits per heavy atom. The second-order valence-corrected chi connectivity index (χ2v) is 4.17. The second kappa shape index (κ2) is 3.09. The molecule has 13 heavy (non-hydrogen) atoms. The van der Waals surface area contributed by atoms with E-state index in [1.165, 1.54) is 23.5 Å². The highest BCUT2D eigenvalue weighted by Gasteiger charge is 2.05. The van der Waals surface area contributed by atoms with Crippen LogP contribution >= 0.6 is 11.3 Å². The topological polar surface area (TPSA) is 20.2 Å². The summed E-state index contributed by atoms with van der Waals surface area (Å²) in [6, 6.07) is 4.93. The van der Waals surface area contributed by atoms with Gasteiger partial charge < -0.3 is 5.11 Å². The third kappa shape index (κ3) is 1.45. The van der Waals surface area contributed by atoms with Gasteiger partial charge in [0.05, 0.1) is 6.61 Å². The summed E-state index contributed by atoms with van der Waals surface area (Å²) in [5.74, 6) is -0.212. The van der Waals surface area contributed by atoms with Gasteiger partial charge >= 0.3 is 0 Å². The van der Waals surface area contributed by atoms with E-state index in [-0.39, 0.29) is 12.4 Å². The fraction of sp³-hybridized carbons (Fsp3) is 0.200. The number of fused-ring (bicyclic) bond motifs is 1. The Morgan fingerprint density at radius 3 is 2.85 bits per heavy atom. The van der Waals surface area contributed by atoms with Crippen LogP contribution in [0.2, 0.25) is 0 Å². The highest BCUT2D eigenvalue weighted by molar-refractivity contribution is 7.19. The van der Waals surface area contributed by atoms with Crippen LogP contribution in [0.3, 0.4) is 0 Å². The molecule has 1 N–H and O–H groups in total. The van der Waals surface area contributed by atoms with E-state index in [0.717, 1.165) is 20.5 Å². The van der Waals surface area contributed by atoms with Gasteiger partial charge in [-0.3, -0.25) is 0 Å². The minimum atomic E-state index is -0.212. The first-order valence-corrected chi connectivity index (χ1v) is 4.82. The number of hydrogen-bond acceptors (Lipinski definition) is 2. The molecule has 2 rings (SSSR count). The average molecular weight is 196 g/mol. The smallest absolute Gasteiger partial charge is 0.124 e. The summed E-state index contributed by atoms with van der Waals surface area (Å²) in [4.78, 5) is 0.878. The molecule has 0 fully saturated rings. The van der Waals surface area contributed by atoms with Gasteiger partial charge in [-0.15, -0.1) is 11.3 Å². The van der Waals surface area contributed by atoms with Crippen LogP contribution in [0, 0.1) is 12.7 Å². The minimum Gasteiger partial charge on any atom is -0.391 e. The van der Waals surface area contributed by atoms with Crippen LogP contribution in [0.15, 0.2) is 18.2 Å². The van der Waals surface area contributed by atoms with E-state index in [4.69, 9.17) is 5.11 Å². The van der Waals surface area contributed by atoms with E-state index >= 15 is 0 Å². The van der Waals surface area contributed by atoms with Crippen molar-refractivity contribution in [1.82, 2.24) is 0 Å². The molecule has 2 aromatic rings. The zero-order valence-electron chi connectivity index (χ0n) is 7.17. The summed E-state index contributed by atoms with van der Waals surface area (Å²) < 4.78 is 13.9. The van der Waals surface area contributed by atoms with E-state index in [0.29, 0.717) is 0 Å². The van der Waals surface area contributed by atoms with Crippen molar-refractivity contribution >= 4 is 21.4 Å². The molecule has 0 atom stereocenters. The molecule has 0 bridgehead atoms. The maximum Gasteiger partial charge on any atom is 0.124 e. The van der Waals surface area contributed by atoms with Gasteiger partial charge in [0.2, 0.25) is 0 Å². The van der Waals surface area contributed by atoms with Gasteiger partial charge in [0.15, 0.2) is 0 Å². The Bertz CT molecular complexity index is 447. The summed E-state index contributed by atoms with van der Waals surface area (Å²) in [6.07, 6.45) is 0. The van der Waals surface area contributed by atoms with E-state index < -0.39 is 0 Å². The predicted molar refractivity (Wildman–Crippen MR) is 52.4 cm³/mol. The lowest BCUT2D eigenvalue weighted by atomic mass is 10.1. The van der Waals surface area contributed by atoms with Gasteiger partial charge in [0, 0.05) is 9.58 Å². The standard InChI is InChI=1S/C10H9FOS/c1-6-2-7(11)3-10-9(6)4-8(5-12)13-10/h2-4,12H,5H2,1H3. The third-order valence-corrected chi connectivity index (χ3v) is 3.08. The monoisotopic (exact) mass is 196 g/mol. The molecule has 0 aliphatic heterocycles. The van der Waals surface area contributed by atoms with Gasteiger partial charge in [0.1, 0.15) is 5.82 Å². The predicted octanol–water partition coefficient (Wildman–Crippen LogP) is 2.84. The molecular formula is C10H9FOS. The maximum atomic E-state index is 13.0. The van der Waals surface area contributed by atoms with Gasteiger partial charge in [-0.05, 0) is 36.1 Å². The van der Waals surface area contributed by atoms with Crippen LogP contribution in [-0.2, 0) is 6.61 Å². The van der Waals surface area contributed by atoms with Crippen molar-refractivity contribution < 1.29 is 9.50 Å². The zero-order valence-corrected chi connectivity index (χ0v) is 7.99. The maximum absolute atomic E-state index is 13.0. The van der Waals surface area contributed by atoms with Crippen molar-refractivity contribution in [2.45, 2.75) is 13.5 Å². The van der Waals surface area contributed by atoms with Crippen LogP contribution in [-0.4, -0.2) is 5.11 Å². The van der Waals surface area contributed by atoms with E-state index in [1.807, 2.05) is 13.0 Å². The van der Waals surface area contributed by atoms with Crippen LogP contribution < -0.4 is 0 Å². The molecule has 1 heterocycles. The Balaban J connectivity index is 2.75. The van der Waals surface area contributed by atoms with Crippen molar-refractivity contribution in [3.63, 3.8) is 0 Å². The number of hydrogen-bond donors (Lipinski definition) is 1. The fourth-order valence-corrected chi connectivity index (χ4v) is 2.43. The molecule has 0 radical (unpaired) electrons. The molecule has 0 aliphatic rings. The molecule has 3 heteroatoms. The third-order valence-electron chi connectivity index (χ3n) is 2.02. The van der Waals surface area contributed by atoms with Gasteiger partial charge in [-0.1, -0.05) is 0 Å². The highest BCUT2D eigenvalue weighted by atomic mass is 32.1. The molecular weight excluding hydrogens is 187 g/mol. The van der Waals surface area contributed by atoms with Gasteiger partial charge in [-0.2, -0.15) is 0 Å². The van der Waals surface area contributed by atoms with Crippen LogP contribution in [0.4, 0.5) is 4.39 Å². The number of thiophene rings is 1. The molecule has 1 aromatic carbocycles. The quantitative estimate of drug-likeness (QED) is 0.743. The average Bonchev–Trinajstić information content (AvgIpc) is 2.47. The summed E-state index contributed by atoms with van der Waals surface area (Å²) in [7, 11) is 0. The van der Waals surface area contributed by atoms with E-state index in [2.05, 4.69) is 0 Å².